The van der Waals surface area contributed by atoms with Gasteiger partial charge in [0.1, 0.15) is 23.7 Å². The maximum Gasteiger partial charge on any atom is 0.310 e. The maximum atomic E-state index is 12.8. The number of likely N-dealkylation sites (N-methyl/N-ethyl adjacent to an activating group) is 1. The van der Waals surface area contributed by atoms with Gasteiger partial charge in [0, 0.05) is 23.7 Å². The highest BCUT2D eigenvalue weighted by atomic mass is 16.5. The van der Waals surface area contributed by atoms with Crippen molar-refractivity contribution in [2.75, 3.05) is 33.4 Å². The van der Waals surface area contributed by atoms with Crippen LogP contribution in [-0.4, -0.2) is 44.2 Å². The molecule has 0 bridgehead atoms. The number of carbonyl (C=O) groups is 1. The van der Waals surface area contributed by atoms with Crippen LogP contribution in [0.5, 0.6) is 5.75 Å². The number of methoxy groups -OCH3 is 1. The summed E-state index contributed by atoms with van der Waals surface area (Å²) in [6.45, 7) is 6.95. The molecule has 6 heteroatoms. The summed E-state index contributed by atoms with van der Waals surface area (Å²) in [5.41, 5.74) is 1.54. The summed E-state index contributed by atoms with van der Waals surface area (Å²) in [7, 11) is 1.52. The van der Waals surface area contributed by atoms with E-state index in [-0.39, 0.29) is 17.8 Å². The lowest BCUT2D eigenvalue weighted by atomic mass is 10.1. The lowest BCUT2D eigenvalue weighted by molar-refractivity contribution is -0.143. The molecule has 2 aromatic carbocycles. The molecule has 6 nitrogen and oxygen atoms in total. The molecule has 0 unspecified atom stereocenters. The number of benzene rings is 2. The second kappa shape index (κ2) is 10.1. The predicted octanol–water partition coefficient (Wildman–Crippen LogP) is 3.90. The molecular weight excluding hydrogens is 382 g/mol. The Kier molecular flexibility index (Phi) is 7.25. The number of ether oxygens (including phenoxy) is 2. The molecule has 1 heterocycles. The molecule has 3 rings (SSSR count). The highest BCUT2D eigenvalue weighted by Gasteiger charge is 2.16. The molecule has 30 heavy (non-hydrogen) atoms. The molecule has 3 aromatic rings. The van der Waals surface area contributed by atoms with E-state index in [0.717, 1.165) is 18.7 Å². The van der Waals surface area contributed by atoms with Crippen LogP contribution in [0.2, 0.25) is 0 Å². The zero-order valence-electron chi connectivity index (χ0n) is 17.6. The van der Waals surface area contributed by atoms with E-state index < -0.39 is 0 Å². The summed E-state index contributed by atoms with van der Waals surface area (Å²) in [4.78, 5) is 27.4. The number of hydrogen-bond acceptors (Lipinski definition) is 6. The molecule has 0 amide bonds. The molecule has 0 radical (unpaired) electrons. The molecule has 0 saturated heterocycles. The Balaban J connectivity index is 1.91. The Morgan fingerprint density at radius 1 is 1.07 bits per heavy atom. The number of nitrogens with zero attached hydrogens (tertiary/aromatic N) is 1. The van der Waals surface area contributed by atoms with Crippen molar-refractivity contribution in [3.05, 3.63) is 64.3 Å². The Bertz CT molecular complexity index is 1050. The van der Waals surface area contributed by atoms with E-state index in [4.69, 9.17) is 13.9 Å². The Morgan fingerprint density at radius 3 is 2.47 bits per heavy atom. The first kappa shape index (κ1) is 21.6. The number of esters is 1. The van der Waals surface area contributed by atoms with Crippen LogP contribution in [-0.2, 0) is 16.0 Å². The van der Waals surface area contributed by atoms with Crippen LogP contribution in [0, 0.1) is 0 Å². The molecule has 0 aliphatic heterocycles. The Morgan fingerprint density at radius 2 is 1.80 bits per heavy atom. The lowest BCUT2D eigenvalue weighted by Crippen LogP contribution is -2.28. The fourth-order valence-electron chi connectivity index (χ4n) is 3.33. The van der Waals surface area contributed by atoms with Gasteiger partial charge in [-0.2, -0.15) is 0 Å². The minimum atomic E-state index is -0.371. The van der Waals surface area contributed by atoms with Crippen molar-refractivity contribution in [3.63, 3.8) is 0 Å². The minimum Gasteiger partial charge on any atom is -0.497 e. The van der Waals surface area contributed by atoms with Crippen molar-refractivity contribution in [2.45, 2.75) is 20.3 Å². The average molecular weight is 409 g/mol. The van der Waals surface area contributed by atoms with Crippen LogP contribution in [0.15, 0.2) is 57.7 Å². The molecule has 0 spiro atoms. The average Bonchev–Trinajstić information content (AvgIpc) is 2.77. The van der Waals surface area contributed by atoms with Crippen LogP contribution in [0.3, 0.4) is 0 Å². The quantitative estimate of drug-likeness (QED) is 0.500. The molecule has 1 aromatic heterocycles. The van der Waals surface area contributed by atoms with Crippen molar-refractivity contribution < 1.29 is 18.7 Å². The van der Waals surface area contributed by atoms with Crippen LogP contribution >= 0.6 is 0 Å². The van der Waals surface area contributed by atoms with Crippen LogP contribution < -0.4 is 10.2 Å². The summed E-state index contributed by atoms with van der Waals surface area (Å²) in [5.74, 6) is 0.576. The van der Waals surface area contributed by atoms with Gasteiger partial charge in [-0.1, -0.05) is 44.2 Å². The third-order valence-electron chi connectivity index (χ3n) is 5.07. The Hall–Kier alpha value is -3.12. The van der Waals surface area contributed by atoms with Gasteiger partial charge in [-0.05, 0) is 25.2 Å². The van der Waals surface area contributed by atoms with E-state index in [2.05, 4.69) is 18.7 Å². The summed E-state index contributed by atoms with van der Waals surface area (Å²) < 4.78 is 16.8. The standard InChI is InChI=1S/C24H27NO5/c1-4-25(5-2)11-12-29-23(27)14-18-13-19(28-3)15-20-21(26)16-22(30-24(18)20)17-9-7-6-8-10-17/h6-10,13,15-16H,4-5,11-12,14H2,1-3H3. The van der Waals surface area contributed by atoms with Crippen LogP contribution in [0.1, 0.15) is 19.4 Å². The van der Waals surface area contributed by atoms with E-state index >= 15 is 0 Å². The zero-order chi connectivity index (χ0) is 21.5. The van der Waals surface area contributed by atoms with Gasteiger partial charge in [0.2, 0.25) is 0 Å². The summed E-state index contributed by atoms with van der Waals surface area (Å²) in [6, 6.07) is 14.2. The van der Waals surface area contributed by atoms with Gasteiger partial charge in [0.15, 0.2) is 5.43 Å². The van der Waals surface area contributed by atoms with Crippen LogP contribution in [0.25, 0.3) is 22.3 Å². The molecule has 0 aliphatic rings. The molecular formula is C24H27NO5. The normalized spacial score (nSPS) is 11.1. The second-order valence-electron chi connectivity index (χ2n) is 6.93. The third kappa shape index (κ3) is 5.07. The highest BCUT2D eigenvalue weighted by Crippen LogP contribution is 2.28. The van der Waals surface area contributed by atoms with Crippen molar-refractivity contribution in [1.29, 1.82) is 0 Å². The smallest absolute Gasteiger partial charge is 0.310 e. The van der Waals surface area contributed by atoms with Gasteiger partial charge in [0.25, 0.3) is 0 Å². The topological polar surface area (TPSA) is 69.0 Å². The number of carbonyl (C=O) groups excluding carboxylic acids is 1. The highest BCUT2D eigenvalue weighted by molar-refractivity contribution is 5.87. The first-order chi connectivity index (χ1) is 14.5. The fourth-order valence-corrected chi connectivity index (χ4v) is 3.33. The van der Waals surface area contributed by atoms with E-state index in [0.29, 0.717) is 41.2 Å². The van der Waals surface area contributed by atoms with Gasteiger partial charge in [-0.25, -0.2) is 0 Å². The van der Waals surface area contributed by atoms with Crippen molar-refractivity contribution in [3.8, 4) is 17.1 Å². The SMILES string of the molecule is CCN(CC)CCOC(=O)Cc1cc(OC)cc2c(=O)cc(-c3ccccc3)oc12. The largest absolute Gasteiger partial charge is 0.497 e. The Labute approximate surface area is 176 Å². The molecule has 0 saturated carbocycles. The number of hydrogen-bond donors (Lipinski definition) is 0. The van der Waals surface area contributed by atoms with Crippen molar-refractivity contribution in [2.24, 2.45) is 0 Å². The van der Waals surface area contributed by atoms with Gasteiger partial charge < -0.3 is 18.8 Å². The minimum absolute atomic E-state index is 0.00681. The summed E-state index contributed by atoms with van der Waals surface area (Å²) in [6.07, 6.45) is -0.00681. The lowest BCUT2D eigenvalue weighted by Gasteiger charge is -2.17. The fraction of sp³-hybridized carbons (Fsp3) is 0.333. The second-order valence-corrected chi connectivity index (χ2v) is 6.93. The van der Waals surface area contributed by atoms with Gasteiger partial charge in [-0.15, -0.1) is 0 Å². The predicted molar refractivity (Wildman–Crippen MR) is 117 cm³/mol. The van der Waals surface area contributed by atoms with E-state index in [1.807, 2.05) is 30.3 Å². The van der Waals surface area contributed by atoms with E-state index in [1.165, 1.54) is 13.2 Å². The zero-order valence-corrected chi connectivity index (χ0v) is 17.6. The van der Waals surface area contributed by atoms with Crippen LogP contribution in [0.4, 0.5) is 0 Å². The molecule has 0 fully saturated rings. The third-order valence-corrected chi connectivity index (χ3v) is 5.07. The summed E-state index contributed by atoms with van der Waals surface area (Å²) >= 11 is 0. The maximum absolute atomic E-state index is 12.8. The van der Waals surface area contributed by atoms with E-state index in [1.54, 1.807) is 12.1 Å². The molecule has 158 valence electrons. The summed E-state index contributed by atoms with van der Waals surface area (Å²) in [5, 5.41) is 0.375. The first-order valence-electron chi connectivity index (χ1n) is 10.1. The molecule has 0 aliphatic carbocycles. The van der Waals surface area contributed by atoms with Crippen molar-refractivity contribution in [1.82, 2.24) is 4.90 Å². The van der Waals surface area contributed by atoms with E-state index in [9.17, 15) is 9.59 Å². The number of rotatable bonds is 9. The van der Waals surface area contributed by atoms with Gasteiger partial charge >= 0.3 is 5.97 Å². The van der Waals surface area contributed by atoms with Gasteiger partial charge in [-0.3, -0.25) is 9.59 Å². The van der Waals surface area contributed by atoms with Gasteiger partial charge in [0.05, 0.1) is 18.9 Å². The number of fused-ring (bicyclic) bond motifs is 1. The van der Waals surface area contributed by atoms with Crippen molar-refractivity contribution >= 4 is 16.9 Å². The molecule has 0 N–H and O–H groups in total. The first-order valence-corrected chi connectivity index (χ1v) is 10.1. The monoisotopic (exact) mass is 409 g/mol. The molecule has 0 atom stereocenters.